The van der Waals surface area contributed by atoms with Crippen LogP contribution in [-0.2, 0) is 0 Å². The van der Waals surface area contributed by atoms with E-state index in [9.17, 15) is 18.0 Å². The molecule has 0 bridgehead atoms. The molecule has 0 aliphatic heterocycles. The Morgan fingerprint density at radius 1 is 0.926 bits per heavy atom. The number of aryl methyl sites for hydroxylation is 2. The maximum Gasteiger partial charge on any atom is 0.274 e. The number of anilines is 3. The number of carbonyl (C=O) groups is 1. The molecule has 0 aliphatic rings. The van der Waals surface area contributed by atoms with E-state index in [2.05, 4.69) is 20.6 Å². The Balaban J connectivity index is 1.87. The molecule has 5 nitrogen and oxygen atoms in total. The van der Waals surface area contributed by atoms with Gasteiger partial charge in [0.05, 0.1) is 5.69 Å². The molecule has 1 heterocycles. The monoisotopic (exact) mass is 372 g/mol. The van der Waals surface area contributed by atoms with Crippen molar-refractivity contribution in [1.29, 1.82) is 0 Å². The number of aromatic nitrogens is 2. The van der Waals surface area contributed by atoms with Gasteiger partial charge in [0.2, 0.25) is 0 Å². The van der Waals surface area contributed by atoms with E-state index in [0.717, 1.165) is 17.7 Å². The highest BCUT2D eigenvalue weighted by Crippen LogP contribution is 2.23. The minimum absolute atomic E-state index is 0.0382. The van der Waals surface area contributed by atoms with Crippen molar-refractivity contribution in [3.63, 3.8) is 0 Å². The number of hydrogen-bond donors (Lipinski definition) is 2. The Kier molecular flexibility index (Phi) is 5.07. The van der Waals surface area contributed by atoms with E-state index < -0.39 is 23.4 Å². The van der Waals surface area contributed by atoms with Gasteiger partial charge in [0.15, 0.2) is 17.5 Å². The van der Waals surface area contributed by atoms with Crippen LogP contribution in [0.2, 0.25) is 0 Å². The first kappa shape index (κ1) is 18.4. The third-order valence-corrected chi connectivity index (χ3v) is 3.76. The third-order valence-electron chi connectivity index (χ3n) is 3.76. The Morgan fingerprint density at radius 2 is 1.67 bits per heavy atom. The minimum atomic E-state index is -1.59. The SMILES string of the molecule is Cc1nc(Nc2ccc(F)c(F)c2F)cc(C(=O)Nc2ccccc2C)n1. The van der Waals surface area contributed by atoms with Crippen LogP contribution in [0.5, 0.6) is 0 Å². The first-order valence-electron chi connectivity index (χ1n) is 7.98. The van der Waals surface area contributed by atoms with Crippen LogP contribution in [0, 0.1) is 31.3 Å². The second-order valence-electron chi connectivity index (χ2n) is 5.80. The molecule has 1 amide bonds. The van der Waals surface area contributed by atoms with Gasteiger partial charge in [-0.1, -0.05) is 18.2 Å². The summed E-state index contributed by atoms with van der Waals surface area (Å²) in [5.74, 6) is -4.43. The number of halogens is 3. The van der Waals surface area contributed by atoms with Crippen LogP contribution in [0.4, 0.5) is 30.4 Å². The molecule has 0 aliphatic carbocycles. The molecule has 2 N–H and O–H groups in total. The van der Waals surface area contributed by atoms with Crippen LogP contribution in [0.3, 0.4) is 0 Å². The normalized spacial score (nSPS) is 10.6. The number of nitrogens with zero attached hydrogens (tertiary/aromatic N) is 2. The average Bonchev–Trinajstić information content (AvgIpc) is 2.63. The highest BCUT2D eigenvalue weighted by Gasteiger charge is 2.16. The largest absolute Gasteiger partial charge is 0.338 e. The summed E-state index contributed by atoms with van der Waals surface area (Å²) < 4.78 is 40.3. The standard InChI is InChI=1S/C19H15F3N4O/c1-10-5-3-4-6-13(10)26-19(27)15-9-16(24-11(2)23-15)25-14-8-7-12(20)17(21)18(14)22/h3-9H,1-2H3,(H,26,27)(H,23,24,25). The fraction of sp³-hybridized carbons (Fsp3) is 0.105. The van der Waals surface area contributed by atoms with Gasteiger partial charge < -0.3 is 10.6 Å². The second kappa shape index (κ2) is 7.45. The van der Waals surface area contributed by atoms with Gasteiger partial charge in [0.25, 0.3) is 5.91 Å². The first-order chi connectivity index (χ1) is 12.8. The Morgan fingerprint density at radius 3 is 2.41 bits per heavy atom. The Bertz CT molecular complexity index is 1020. The van der Waals surface area contributed by atoms with Gasteiger partial charge in [-0.25, -0.2) is 23.1 Å². The summed E-state index contributed by atoms with van der Waals surface area (Å²) in [7, 11) is 0. The van der Waals surface area contributed by atoms with Crippen molar-refractivity contribution in [3.8, 4) is 0 Å². The highest BCUT2D eigenvalue weighted by atomic mass is 19.2. The molecule has 0 radical (unpaired) electrons. The van der Waals surface area contributed by atoms with Crippen molar-refractivity contribution in [3.05, 3.63) is 77.0 Å². The molecular formula is C19H15F3N4O. The predicted octanol–water partition coefficient (Wildman–Crippen LogP) is 4.51. The van der Waals surface area contributed by atoms with E-state index in [1.807, 2.05) is 19.1 Å². The number of amides is 1. The summed E-state index contributed by atoms with van der Waals surface area (Å²) in [5.41, 5.74) is 1.23. The van der Waals surface area contributed by atoms with Gasteiger partial charge in [-0.05, 0) is 37.6 Å². The van der Waals surface area contributed by atoms with E-state index in [4.69, 9.17) is 0 Å². The fourth-order valence-electron chi connectivity index (χ4n) is 2.41. The molecule has 0 fully saturated rings. The van der Waals surface area contributed by atoms with E-state index in [0.29, 0.717) is 5.69 Å². The van der Waals surface area contributed by atoms with Gasteiger partial charge in [-0.15, -0.1) is 0 Å². The molecule has 0 atom stereocenters. The molecule has 8 heteroatoms. The number of nitrogens with one attached hydrogen (secondary N) is 2. The topological polar surface area (TPSA) is 66.9 Å². The summed E-state index contributed by atoms with van der Waals surface area (Å²) in [4.78, 5) is 20.6. The van der Waals surface area contributed by atoms with Crippen LogP contribution in [0.15, 0.2) is 42.5 Å². The zero-order chi connectivity index (χ0) is 19.6. The molecule has 0 unspecified atom stereocenters. The Labute approximate surface area is 153 Å². The zero-order valence-corrected chi connectivity index (χ0v) is 14.5. The molecule has 0 saturated heterocycles. The predicted molar refractivity (Wildman–Crippen MR) is 95.5 cm³/mol. The van der Waals surface area contributed by atoms with Crippen molar-refractivity contribution < 1.29 is 18.0 Å². The highest BCUT2D eigenvalue weighted by molar-refractivity contribution is 6.03. The van der Waals surface area contributed by atoms with Gasteiger partial charge in [0.1, 0.15) is 17.3 Å². The number of carbonyl (C=O) groups excluding carboxylic acids is 1. The van der Waals surface area contributed by atoms with Gasteiger partial charge >= 0.3 is 0 Å². The molecule has 0 saturated carbocycles. The molecule has 2 aromatic carbocycles. The van der Waals surface area contributed by atoms with Gasteiger partial charge in [-0.3, -0.25) is 4.79 Å². The molecule has 1 aromatic heterocycles. The Hall–Kier alpha value is -3.42. The minimum Gasteiger partial charge on any atom is -0.338 e. The van der Waals surface area contributed by atoms with E-state index in [1.165, 1.54) is 6.07 Å². The van der Waals surface area contributed by atoms with Crippen molar-refractivity contribution in [2.75, 3.05) is 10.6 Å². The second-order valence-corrected chi connectivity index (χ2v) is 5.80. The van der Waals surface area contributed by atoms with Crippen LogP contribution >= 0.6 is 0 Å². The summed E-state index contributed by atoms with van der Waals surface area (Å²) in [6, 6.07) is 10.3. The molecule has 3 aromatic rings. The van der Waals surface area contributed by atoms with Crippen molar-refractivity contribution in [2.24, 2.45) is 0 Å². The van der Waals surface area contributed by atoms with E-state index in [-0.39, 0.29) is 23.0 Å². The quantitative estimate of drug-likeness (QED) is 0.662. The lowest BCUT2D eigenvalue weighted by atomic mass is 10.2. The maximum absolute atomic E-state index is 13.8. The lowest BCUT2D eigenvalue weighted by molar-refractivity contribution is 0.102. The van der Waals surface area contributed by atoms with Crippen molar-refractivity contribution in [1.82, 2.24) is 9.97 Å². The number of para-hydroxylation sites is 1. The van der Waals surface area contributed by atoms with Gasteiger partial charge in [-0.2, -0.15) is 0 Å². The molecule has 3 rings (SSSR count). The summed E-state index contributed by atoms with van der Waals surface area (Å²) in [6.45, 7) is 3.40. The third kappa shape index (κ3) is 4.05. The van der Waals surface area contributed by atoms with E-state index in [1.54, 1.807) is 19.1 Å². The van der Waals surface area contributed by atoms with Crippen molar-refractivity contribution >= 4 is 23.1 Å². The van der Waals surface area contributed by atoms with Crippen LogP contribution in [0.1, 0.15) is 21.9 Å². The summed E-state index contributed by atoms with van der Waals surface area (Å²) in [5, 5.41) is 5.27. The molecular weight excluding hydrogens is 357 g/mol. The average molecular weight is 372 g/mol. The summed E-state index contributed by atoms with van der Waals surface area (Å²) in [6.07, 6.45) is 0. The maximum atomic E-state index is 13.8. The van der Waals surface area contributed by atoms with Crippen LogP contribution in [-0.4, -0.2) is 15.9 Å². The van der Waals surface area contributed by atoms with Gasteiger partial charge in [0, 0.05) is 11.8 Å². The smallest absolute Gasteiger partial charge is 0.274 e. The molecule has 27 heavy (non-hydrogen) atoms. The fourth-order valence-corrected chi connectivity index (χ4v) is 2.41. The molecule has 138 valence electrons. The van der Waals surface area contributed by atoms with Crippen LogP contribution in [0.25, 0.3) is 0 Å². The number of hydrogen-bond acceptors (Lipinski definition) is 4. The van der Waals surface area contributed by atoms with E-state index >= 15 is 0 Å². The first-order valence-corrected chi connectivity index (χ1v) is 7.98. The van der Waals surface area contributed by atoms with Crippen LogP contribution < -0.4 is 10.6 Å². The number of rotatable bonds is 4. The lowest BCUT2D eigenvalue weighted by Gasteiger charge is -2.11. The van der Waals surface area contributed by atoms with Crippen molar-refractivity contribution in [2.45, 2.75) is 13.8 Å². The molecule has 0 spiro atoms. The zero-order valence-electron chi connectivity index (χ0n) is 14.5. The number of benzene rings is 2. The summed E-state index contributed by atoms with van der Waals surface area (Å²) >= 11 is 0. The lowest BCUT2D eigenvalue weighted by Crippen LogP contribution is -2.16.